The van der Waals surface area contributed by atoms with E-state index < -0.39 is 0 Å². The molecule has 0 bridgehead atoms. The molecule has 11 rings (SSSR count). The Kier molecular flexibility index (Phi) is 10.0. The van der Waals surface area contributed by atoms with Crippen molar-refractivity contribution in [3.05, 3.63) is 168 Å². The summed E-state index contributed by atoms with van der Waals surface area (Å²) in [7, 11) is 0. The number of hydrogen-bond donors (Lipinski definition) is 0. The molecule has 0 N–H and O–H groups in total. The molecule has 0 radical (unpaired) electrons. The van der Waals surface area contributed by atoms with Crippen LogP contribution in [0.15, 0.2) is 155 Å². The third-order valence-corrected chi connectivity index (χ3v) is 14.6. The van der Waals surface area contributed by atoms with E-state index in [2.05, 4.69) is 155 Å². The van der Waals surface area contributed by atoms with Gasteiger partial charge >= 0.3 is 0 Å². The highest BCUT2D eigenvalue weighted by molar-refractivity contribution is 7.99. The van der Waals surface area contributed by atoms with Crippen LogP contribution in [-0.2, 0) is 0 Å². The minimum Gasteiger partial charge on any atom is -0.453 e. The second-order valence-electron chi connectivity index (χ2n) is 17.1. The molecule has 0 atom stereocenters. The normalized spacial score (nSPS) is 15.9. The van der Waals surface area contributed by atoms with E-state index in [9.17, 15) is 10.5 Å². The van der Waals surface area contributed by atoms with E-state index in [4.69, 9.17) is 4.74 Å². The largest absolute Gasteiger partial charge is 0.453 e. The van der Waals surface area contributed by atoms with Gasteiger partial charge in [-0.3, -0.25) is 0 Å². The molecule has 4 aliphatic rings. The number of benzene rings is 7. The summed E-state index contributed by atoms with van der Waals surface area (Å²) in [6.45, 7) is 0. The van der Waals surface area contributed by atoms with Gasteiger partial charge in [-0.25, -0.2) is 0 Å². The molecule has 6 heteroatoms. The fourth-order valence-corrected chi connectivity index (χ4v) is 11.8. The smallest absolute Gasteiger partial charge is 0.151 e. The van der Waals surface area contributed by atoms with E-state index >= 15 is 0 Å². The fraction of sp³-hybridized carbons (Fsp3) is 0.214. The van der Waals surface area contributed by atoms with Crippen molar-refractivity contribution >= 4 is 45.9 Å². The monoisotopic (exact) mass is 822 g/mol. The Morgan fingerprint density at radius 1 is 0.452 bits per heavy atom. The van der Waals surface area contributed by atoms with Gasteiger partial charge in [0.15, 0.2) is 11.5 Å². The molecule has 0 unspecified atom stereocenters. The standard InChI is InChI=1S/C56H46N4OS/c57-35-37-17-15-23-41(33-37)52-51(39-19-3-1-4-20-39)53(42-24-16-18-38(34-42)36-58)56(60-45-27-9-13-31-49(45)62-50-32-14-10-28-46(50)60)54(40-21-5-2-6-22-40)55(52)59-43-25-7-11-29-47(43)61-48-30-12-8-26-44(48)59/h7-18,23-34,39-40H,1-6,19-22H2. The van der Waals surface area contributed by atoms with E-state index in [-0.39, 0.29) is 11.8 Å². The molecule has 2 aliphatic carbocycles. The summed E-state index contributed by atoms with van der Waals surface area (Å²) >= 11 is 1.84. The second-order valence-corrected chi connectivity index (χ2v) is 18.2. The highest BCUT2D eigenvalue weighted by Crippen LogP contribution is 2.64. The van der Waals surface area contributed by atoms with Crippen molar-refractivity contribution in [2.75, 3.05) is 9.80 Å². The number of ether oxygens (including phenoxy) is 1. The molecule has 2 fully saturated rings. The van der Waals surface area contributed by atoms with Gasteiger partial charge in [0.05, 0.1) is 57.4 Å². The van der Waals surface area contributed by atoms with E-state index in [1.807, 2.05) is 23.9 Å². The lowest BCUT2D eigenvalue weighted by Crippen LogP contribution is -2.26. The molecular weight excluding hydrogens is 777 g/mol. The zero-order valence-corrected chi connectivity index (χ0v) is 35.5. The predicted octanol–water partition coefficient (Wildman–Crippen LogP) is 16.4. The topological polar surface area (TPSA) is 63.3 Å². The number of fused-ring (bicyclic) bond motifs is 4. The first-order valence-electron chi connectivity index (χ1n) is 22.3. The van der Waals surface area contributed by atoms with Crippen LogP contribution in [0.5, 0.6) is 11.5 Å². The predicted molar refractivity (Wildman–Crippen MR) is 252 cm³/mol. The van der Waals surface area contributed by atoms with Crippen LogP contribution in [0.3, 0.4) is 0 Å². The lowest BCUT2D eigenvalue weighted by Gasteiger charge is -2.44. The maximum atomic E-state index is 10.5. The van der Waals surface area contributed by atoms with Gasteiger partial charge in [-0.15, -0.1) is 0 Å². The number of hydrogen-bond acceptors (Lipinski definition) is 6. The van der Waals surface area contributed by atoms with Gasteiger partial charge in [-0.1, -0.05) is 123 Å². The molecule has 5 nitrogen and oxygen atoms in total. The average molecular weight is 823 g/mol. The Balaban J connectivity index is 1.42. The van der Waals surface area contributed by atoms with Gasteiger partial charge < -0.3 is 14.5 Å². The Morgan fingerprint density at radius 2 is 0.871 bits per heavy atom. The Hall–Kier alpha value is -6.73. The van der Waals surface area contributed by atoms with E-state index in [1.165, 1.54) is 56.3 Å². The summed E-state index contributed by atoms with van der Waals surface area (Å²) in [6.07, 6.45) is 11.2. The summed E-state index contributed by atoms with van der Waals surface area (Å²) < 4.78 is 6.77. The number of nitriles is 2. The van der Waals surface area contributed by atoms with Crippen molar-refractivity contribution in [2.24, 2.45) is 0 Å². The van der Waals surface area contributed by atoms with E-state index in [0.29, 0.717) is 11.1 Å². The average Bonchev–Trinajstić information content (AvgIpc) is 3.34. The first-order valence-corrected chi connectivity index (χ1v) is 23.1. The van der Waals surface area contributed by atoms with Crippen LogP contribution in [0.4, 0.5) is 34.1 Å². The van der Waals surface area contributed by atoms with Crippen LogP contribution >= 0.6 is 11.8 Å². The summed E-state index contributed by atoms with van der Waals surface area (Å²) in [5.74, 6) is 2.06. The number of nitrogens with zero attached hydrogens (tertiary/aromatic N) is 4. The van der Waals surface area contributed by atoms with Gasteiger partial charge in [-0.2, -0.15) is 10.5 Å². The van der Waals surface area contributed by atoms with Crippen molar-refractivity contribution in [1.29, 1.82) is 10.5 Å². The van der Waals surface area contributed by atoms with Crippen molar-refractivity contribution in [3.8, 4) is 45.9 Å². The Labute approximate surface area is 368 Å². The zero-order valence-electron chi connectivity index (χ0n) is 34.7. The molecule has 2 aliphatic heterocycles. The summed E-state index contributed by atoms with van der Waals surface area (Å²) in [6, 6.07) is 56.5. The van der Waals surface area contributed by atoms with E-state index in [1.54, 1.807) is 0 Å². The Morgan fingerprint density at radius 3 is 1.35 bits per heavy atom. The lowest BCUT2D eigenvalue weighted by atomic mass is 9.71. The van der Waals surface area contributed by atoms with Crippen LogP contribution in [-0.4, -0.2) is 0 Å². The van der Waals surface area contributed by atoms with Crippen LogP contribution in [0.25, 0.3) is 22.3 Å². The van der Waals surface area contributed by atoms with Crippen molar-refractivity contribution in [3.63, 3.8) is 0 Å². The zero-order chi connectivity index (χ0) is 41.6. The molecular formula is C56H46N4OS. The second kappa shape index (κ2) is 16.3. The number of anilines is 6. The molecule has 302 valence electrons. The molecule has 7 aromatic rings. The van der Waals surface area contributed by atoms with Crippen LogP contribution < -0.4 is 14.5 Å². The maximum absolute atomic E-state index is 10.5. The fourth-order valence-electron chi connectivity index (χ4n) is 10.8. The third kappa shape index (κ3) is 6.53. The van der Waals surface area contributed by atoms with Gasteiger partial charge in [-0.05, 0) is 127 Å². The summed E-state index contributed by atoms with van der Waals surface area (Å²) in [4.78, 5) is 7.55. The molecule has 7 aromatic carbocycles. The number of para-hydroxylation sites is 6. The minimum absolute atomic E-state index is 0.209. The Bertz CT molecular complexity index is 2680. The number of rotatable bonds is 6. The highest BCUT2D eigenvalue weighted by atomic mass is 32.2. The molecule has 0 aromatic heterocycles. The summed E-state index contributed by atoms with van der Waals surface area (Å²) in [5, 5.41) is 21.1. The minimum atomic E-state index is 0.209. The molecule has 0 spiro atoms. The first-order chi connectivity index (χ1) is 30.7. The SMILES string of the molecule is N#Cc1cccc(-c2c(C3CCCCC3)c(-c3cccc(C#N)c3)c(N3c4ccccc4Sc4ccccc43)c(C3CCCCC3)c2N2c3ccccc3Oc3ccccc32)c1. The highest BCUT2D eigenvalue weighted by Gasteiger charge is 2.41. The van der Waals surface area contributed by atoms with Crippen molar-refractivity contribution < 1.29 is 4.74 Å². The van der Waals surface area contributed by atoms with Gasteiger partial charge in [0.25, 0.3) is 0 Å². The molecule has 2 saturated carbocycles. The maximum Gasteiger partial charge on any atom is 0.151 e. The quantitative estimate of drug-likeness (QED) is 0.166. The van der Waals surface area contributed by atoms with Crippen LogP contribution in [0.2, 0.25) is 0 Å². The van der Waals surface area contributed by atoms with Gasteiger partial charge in [0.1, 0.15) is 0 Å². The van der Waals surface area contributed by atoms with E-state index in [0.717, 1.165) is 96.7 Å². The van der Waals surface area contributed by atoms with Crippen LogP contribution in [0, 0.1) is 22.7 Å². The molecule has 0 amide bonds. The lowest BCUT2D eigenvalue weighted by molar-refractivity contribution is 0.440. The molecule has 2 heterocycles. The van der Waals surface area contributed by atoms with Crippen LogP contribution in [0.1, 0.15) is 98.3 Å². The molecule has 62 heavy (non-hydrogen) atoms. The summed E-state index contributed by atoms with van der Waals surface area (Å²) in [5.41, 5.74) is 15.0. The van der Waals surface area contributed by atoms with Crippen molar-refractivity contribution in [2.45, 2.75) is 85.8 Å². The van der Waals surface area contributed by atoms with Gasteiger partial charge in [0, 0.05) is 26.5 Å². The third-order valence-electron chi connectivity index (χ3n) is 13.4. The van der Waals surface area contributed by atoms with Crippen molar-refractivity contribution in [1.82, 2.24) is 0 Å². The molecule has 0 saturated heterocycles. The first kappa shape index (κ1) is 38.2. The van der Waals surface area contributed by atoms with Gasteiger partial charge in [0.2, 0.25) is 0 Å².